The topological polar surface area (TPSA) is 94.4 Å². The van der Waals surface area contributed by atoms with E-state index < -0.39 is 5.41 Å². The minimum absolute atomic E-state index is 0.0721. The Morgan fingerprint density at radius 3 is 2.40 bits per heavy atom. The highest BCUT2D eigenvalue weighted by Gasteiger charge is 2.56. The first kappa shape index (κ1) is 18.8. The maximum absolute atomic E-state index is 13.1. The van der Waals surface area contributed by atoms with Gasteiger partial charge in [0, 0.05) is 55.5 Å². The molecule has 0 radical (unpaired) electrons. The number of amides is 1. The number of nitrogens with zero attached hydrogens (tertiary/aromatic N) is 5. The maximum Gasteiger partial charge on any atom is 0.247 e. The summed E-state index contributed by atoms with van der Waals surface area (Å²) in [5, 5.41) is 13.0. The first-order chi connectivity index (χ1) is 14.7. The molecule has 2 saturated heterocycles. The van der Waals surface area contributed by atoms with Gasteiger partial charge in [0.2, 0.25) is 5.91 Å². The molecule has 0 aromatic carbocycles. The second kappa shape index (κ2) is 7.58. The van der Waals surface area contributed by atoms with Crippen molar-refractivity contribution in [2.45, 2.75) is 19.3 Å². The molecule has 0 bridgehead atoms. The van der Waals surface area contributed by atoms with Gasteiger partial charge in [-0.15, -0.1) is 0 Å². The zero-order valence-electron chi connectivity index (χ0n) is 16.8. The average molecular weight is 404 g/mol. The molecule has 5 rings (SSSR count). The van der Waals surface area contributed by atoms with Crippen LogP contribution in [0.2, 0.25) is 0 Å². The molecular formula is C22H24N6O2. The van der Waals surface area contributed by atoms with E-state index in [1.807, 2.05) is 24.3 Å². The van der Waals surface area contributed by atoms with Crippen LogP contribution < -0.4 is 15.1 Å². The number of aromatic nitrogens is 2. The minimum atomic E-state index is -0.842. The van der Waals surface area contributed by atoms with E-state index in [2.05, 4.69) is 26.3 Å². The predicted octanol–water partition coefficient (Wildman–Crippen LogP) is 2.71. The van der Waals surface area contributed by atoms with Gasteiger partial charge in [0.05, 0.1) is 19.3 Å². The maximum atomic E-state index is 13.1. The minimum Gasteiger partial charge on any atom is -0.378 e. The van der Waals surface area contributed by atoms with Crippen LogP contribution in [0, 0.1) is 22.7 Å². The average Bonchev–Trinajstić information content (AvgIpc) is 3.59. The molecule has 2 aromatic rings. The summed E-state index contributed by atoms with van der Waals surface area (Å²) in [6, 6.07) is 9.99. The molecule has 1 saturated carbocycles. The van der Waals surface area contributed by atoms with E-state index in [1.54, 1.807) is 17.3 Å². The van der Waals surface area contributed by atoms with Crippen LogP contribution in [0.1, 0.15) is 19.3 Å². The van der Waals surface area contributed by atoms with Gasteiger partial charge in [-0.3, -0.25) is 4.79 Å². The molecule has 3 aliphatic rings. The third kappa shape index (κ3) is 3.35. The summed E-state index contributed by atoms with van der Waals surface area (Å²) in [6.07, 6.45) is 6.00. The number of hydrogen-bond acceptors (Lipinski definition) is 7. The van der Waals surface area contributed by atoms with E-state index in [0.29, 0.717) is 24.6 Å². The Hall–Kier alpha value is -3.18. The standard InChI is InChI=1S/C22H24N6O2/c23-15-22(16-1-2-16)5-8-28(21(22)29)18-4-7-25-20(14-18)26-19-13-17(3-6-24-19)27-9-11-30-12-10-27/h3-4,6-7,13-14,16H,1-2,5,8-12H2,(H,24,25,26)/t22-/m1/s1. The summed E-state index contributed by atoms with van der Waals surface area (Å²) in [5.41, 5.74) is 1.01. The molecule has 8 heteroatoms. The van der Waals surface area contributed by atoms with Crippen LogP contribution in [0.15, 0.2) is 36.7 Å². The van der Waals surface area contributed by atoms with Crippen LogP contribution in [-0.2, 0) is 9.53 Å². The van der Waals surface area contributed by atoms with E-state index >= 15 is 0 Å². The molecule has 0 unspecified atom stereocenters. The summed E-state index contributed by atoms with van der Waals surface area (Å²) < 4.78 is 5.42. The Morgan fingerprint density at radius 2 is 1.73 bits per heavy atom. The summed E-state index contributed by atoms with van der Waals surface area (Å²) in [7, 11) is 0. The van der Waals surface area contributed by atoms with Gasteiger partial charge in [0.25, 0.3) is 0 Å². The molecule has 30 heavy (non-hydrogen) atoms. The Bertz CT molecular complexity index is 995. The number of carbonyl (C=O) groups is 1. The highest BCUT2D eigenvalue weighted by Crippen LogP contribution is 2.51. The van der Waals surface area contributed by atoms with Crippen molar-refractivity contribution in [2.75, 3.05) is 48.0 Å². The highest BCUT2D eigenvalue weighted by molar-refractivity contribution is 6.02. The fraction of sp³-hybridized carbons (Fsp3) is 0.455. The lowest BCUT2D eigenvalue weighted by atomic mass is 9.83. The van der Waals surface area contributed by atoms with Crippen molar-refractivity contribution in [1.82, 2.24) is 9.97 Å². The second-order valence-corrected chi connectivity index (χ2v) is 8.09. The van der Waals surface area contributed by atoms with Crippen molar-refractivity contribution in [1.29, 1.82) is 5.26 Å². The lowest BCUT2D eigenvalue weighted by Gasteiger charge is -2.29. The van der Waals surface area contributed by atoms with E-state index in [9.17, 15) is 10.1 Å². The van der Waals surface area contributed by atoms with E-state index in [1.165, 1.54) is 0 Å². The molecule has 1 amide bonds. The van der Waals surface area contributed by atoms with Gasteiger partial charge in [-0.1, -0.05) is 0 Å². The largest absolute Gasteiger partial charge is 0.378 e. The second-order valence-electron chi connectivity index (χ2n) is 8.09. The molecule has 2 aliphatic heterocycles. The van der Waals surface area contributed by atoms with Gasteiger partial charge >= 0.3 is 0 Å². The van der Waals surface area contributed by atoms with Crippen LogP contribution in [0.25, 0.3) is 0 Å². The van der Waals surface area contributed by atoms with Crippen LogP contribution in [-0.4, -0.2) is 48.7 Å². The van der Waals surface area contributed by atoms with Crippen LogP contribution in [0.4, 0.5) is 23.0 Å². The van der Waals surface area contributed by atoms with Crippen molar-refractivity contribution >= 4 is 28.9 Å². The lowest BCUT2D eigenvalue weighted by molar-refractivity contribution is -0.123. The fourth-order valence-electron chi connectivity index (χ4n) is 4.43. The summed E-state index contributed by atoms with van der Waals surface area (Å²) >= 11 is 0. The molecule has 1 aliphatic carbocycles. The smallest absolute Gasteiger partial charge is 0.247 e. The molecule has 154 valence electrons. The van der Waals surface area contributed by atoms with Crippen molar-refractivity contribution in [3.8, 4) is 6.07 Å². The predicted molar refractivity (Wildman–Crippen MR) is 113 cm³/mol. The van der Waals surface area contributed by atoms with Gasteiger partial charge in [-0.25, -0.2) is 9.97 Å². The van der Waals surface area contributed by atoms with Gasteiger partial charge in [0.15, 0.2) is 0 Å². The number of nitrogens with one attached hydrogen (secondary N) is 1. The highest BCUT2D eigenvalue weighted by atomic mass is 16.5. The Morgan fingerprint density at radius 1 is 1.07 bits per heavy atom. The number of nitriles is 1. The van der Waals surface area contributed by atoms with Crippen molar-refractivity contribution in [2.24, 2.45) is 11.3 Å². The molecule has 3 fully saturated rings. The lowest BCUT2D eigenvalue weighted by Crippen LogP contribution is -2.36. The third-order valence-electron chi connectivity index (χ3n) is 6.26. The molecule has 2 aromatic heterocycles. The molecule has 1 atom stereocenters. The normalized spacial score (nSPS) is 24.0. The van der Waals surface area contributed by atoms with E-state index in [0.717, 1.165) is 50.5 Å². The number of ether oxygens (including phenoxy) is 1. The molecular weight excluding hydrogens is 380 g/mol. The van der Waals surface area contributed by atoms with Crippen molar-refractivity contribution in [3.05, 3.63) is 36.7 Å². The number of carbonyl (C=O) groups excluding carboxylic acids is 1. The van der Waals surface area contributed by atoms with E-state index in [4.69, 9.17) is 4.74 Å². The molecule has 1 N–H and O–H groups in total. The Labute approximate surface area is 175 Å². The molecule has 8 nitrogen and oxygen atoms in total. The van der Waals surface area contributed by atoms with Gasteiger partial charge in [-0.05, 0) is 37.3 Å². The number of rotatable bonds is 5. The van der Waals surface area contributed by atoms with Gasteiger partial charge < -0.3 is 19.9 Å². The van der Waals surface area contributed by atoms with Crippen molar-refractivity contribution in [3.63, 3.8) is 0 Å². The van der Waals surface area contributed by atoms with Crippen LogP contribution in [0.3, 0.4) is 0 Å². The number of pyridine rings is 2. The molecule has 0 spiro atoms. The first-order valence-corrected chi connectivity index (χ1v) is 10.4. The van der Waals surface area contributed by atoms with Gasteiger partial charge in [0.1, 0.15) is 17.1 Å². The van der Waals surface area contributed by atoms with Crippen LogP contribution in [0.5, 0.6) is 0 Å². The zero-order valence-corrected chi connectivity index (χ0v) is 16.8. The number of anilines is 4. The van der Waals surface area contributed by atoms with Gasteiger partial charge in [-0.2, -0.15) is 5.26 Å². The Kier molecular flexibility index (Phi) is 4.75. The quantitative estimate of drug-likeness (QED) is 0.819. The number of morpholine rings is 1. The monoisotopic (exact) mass is 404 g/mol. The van der Waals surface area contributed by atoms with Crippen molar-refractivity contribution < 1.29 is 9.53 Å². The SMILES string of the molecule is N#C[C@@]1(C2CC2)CCN(c2ccnc(Nc3cc(N4CCOCC4)ccn3)c2)C1=O. The third-order valence-corrected chi connectivity index (χ3v) is 6.26. The van der Waals surface area contributed by atoms with Crippen LogP contribution >= 0.6 is 0 Å². The zero-order chi connectivity index (χ0) is 20.6. The molecule has 4 heterocycles. The summed E-state index contributed by atoms with van der Waals surface area (Å²) in [4.78, 5) is 25.9. The summed E-state index contributed by atoms with van der Waals surface area (Å²) in [5.74, 6) is 1.46. The number of hydrogen-bond donors (Lipinski definition) is 1. The first-order valence-electron chi connectivity index (χ1n) is 10.4. The Balaban J connectivity index is 1.34. The summed E-state index contributed by atoms with van der Waals surface area (Å²) in [6.45, 7) is 3.73. The van der Waals surface area contributed by atoms with E-state index in [-0.39, 0.29) is 11.8 Å². The fourth-order valence-corrected chi connectivity index (χ4v) is 4.43.